The number of esters is 1. The van der Waals surface area contributed by atoms with E-state index in [9.17, 15) is 19.2 Å². The fourth-order valence-electron chi connectivity index (χ4n) is 4.66. The van der Waals surface area contributed by atoms with Gasteiger partial charge in [0.15, 0.2) is 5.76 Å². The van der Waals surface area contributed by atoms with Crippen LogP contribution in [0.25, 0.3) is 0 Å². The standard InChI is InChI=1S/C26H32N2O7/c1-6-35-22(30)13-19-25(32)28(15-26(19)12-11-20(29)21(14-26)34-5)23(16(2)3)24(31)27-17-7-9-18(33-4)10-8-17/h7-12,14,16,19,23H,6,13,15H2,1-5H3,(H,27,31)/t19-,23?,26+/m1/s1. The van der Waals surface area contributed by atoms with Crippen molar-refractivity contribution in [3.63, 3.8) is 0 Å². The first kappa shape index (κ1) is 26.0. The lowest BCUT2D eigenvalue weighted by molar-refractivity contribution is -0.148. The van der Waals surface area contributed by atoms with Gasteiger partial charge in [-0.15, -0.1) is 0 Å². The number of likely N-dealkylation sites (tertiary alicyclic amines) is 1. The van der Waals surface area contributed by atoms with Crippen molar-refractivity contribution in [2.45, 2.75) is 33.2 Å². The van der Waals surface area contributed by atoms with Crippen molar-refractivity contribution in [2.75, 3.05) is 32.7 Å². The zero-order chi connectivity index (χ0) is 25.8. The minimum atomic E-state index is -0.989. The molecule has 9 nitrogen and oxygen atoms in total. The van der Waals surface area contributed by atoms with Crippen molar-refractivity contribution in [2.24, 2.45) is 17.3 Å². The van der Waals surface area contributed by atoms with Crippen LogP contribution in [0.1, 0.15) is 27.2 Å². The zero-order valence-electron chi connectivity index (χ0n) is 20.7. The molecule has 1 unspecified atom stereocenters. The van der Waals surface area contributed by atoms with Gasteiger partial charge in [0.1, 0.15) is 11.8 Å². The van der Waals surface area contributed by atoms with Gasteiger partial charge in [-0.3, -0.25) is 19.2 Å². The van der Waals surface area contributed by atoms with Crippen LogP contribution < -0.4 is 10.1 Å². The van der Waals surface area contributed by atoms with Crippen molar-refractivity contribution in [3.05, 3.63) is 48.3 Å². The van der Waals surface area contributed by atoms with E-state index >= 15 is 0 Å². The van der Waals surface area contributed by atoms with E-state index in [0.717, 1.165) is 0 Å². The summed E-state index contributed by atoms with van der Waals surface area (Å²) >= 11 is 0. The first-order chi connectivity index (χ1) is 16.7. The SMILES string of the molecule is CCOC(=O)C[C@@H]1C(=O)N(C(C(=O)Nc2ccc(OC)cc2)C(C)C)C[C@@]12C=CC(=O)C(OC)=C2. The number of allylic oxidation sites excluding steroid dienone is 1. The van der Waals surface area contributed by atoms with Gasteiger partial charge >= 0.3 is 5.97 Å². The Morgan fingerprint density at radius 2 is 1.83 bits per heavy atom. The van der Waals surface area contributed by atoms with Gasteiger partial charge in [-0.2, -0.15) is 0 Å². The molecule has 2 aliphatic rings. The normalized spacial score (nSPS) is 22.3. The third-order valence-corrected chi connectivity index (χ3v) is 6.35. The average molecular weight is 485 g/mol. The zero-order valence-corrected chi connectivity index (χ0v) is 20.7. The predicted molar refractivity (Wildman–Crippen MR) is 128 cm³/mol. The van der Waals surface area contributed by atoms with Crippen LogP contribution in [-0.2, 0) is 28.7 Å². The predicted octanol–water partition coefficient (Wildman–Crippen LogP) is 2.73. The molecule has 1 aliphatic carbocycles. The molecule has 0 radical (unpaired) electrons. The summed E-state index contributed by atoms with van der Waals surface area (Å²) in [5.74, 6) is -1.86. The summed E-state index contributed by atoms with van der Waals surface area (Å²) in [6.45, 7) is 5.70. The van der Waals surface area contributed by atoms with Crippen molar-refractivity contribution in [1.29, 1.82) is 0 Å². The number of hydrogen-bond donors (Lipinski definition) is 1. The number of rotatable bonds is 9. The van der Waals surface area contributed by atoms with Gasteiger partial charge in [-0.05, 0) is 49.3 Å². The molecule has 1 saturated heterocycles. The first-order valence-electron chi connectivity index (χ1n) is 11.6. The molecule has 9 heteroatoms. The smallest absolute Gasteiger partial charge is 0.306 e. The maximum atomic E-state index is 13.7. The van der Waals surface area contributed by atoms with Gasteiger partial charge in [0.2, 0.25) is 17.6 Å². The van der Waals surface area contributed by atoms with Crippen LogP contribution in [0, 0.1) is 17.3 Å². The summed E-state index contributed by atoms with van der Waals surface area (Å²) in [7, 11) is 2.94. The van der Waals surface area contributed by atoms with Crippen LogP contribution in [-0.4, -0.2) is 61.9 Å². The molecule has 3 rings (SSSR count). The Kier molecular flexibility index (Phi) is 7.99. The molecule has 188 valence electrons. The highest BCUT2D eigenvalue weighted by Gasteiger charge is 2.55. The average Bonchev–Trinajstić information content (AvgIpc) is 3.07. The van der Waals surface area contributed by atoms with E-state index in [-0.39, 0.29) is 48.8 Å². The molecule has 1 fully saturated rings. The highest BCUT2D eigenvalue weighted by molar-refractivity contribution is 6.05. The first-order valence-corrected chi connectivity index (χ1v) is 11.6. The summed E-state index contributed by atoms with van der Waals surface area (Å²) < 4.78 is 15.5. The molecule has 1 aromatic rings. The second-order valence-corrected chi connectivity index (χ2v) is 8.96. The Hall–Kier alpha value is -3.62. The lowest BCUT2D eigenvalue weighted by Gasteiger charge is -2.32. The largest absolute Gasteiger partial charge is 0.497 e. The van der Waals surface area contributed by atoms with Crippen LogP contribution in [0.5, 0.6) is 5.75 Å². The molecule has 1 spiro atoms. The minimum Gasteiger partial charge on any atom is -0.497 e. The van der Waals surface area contributed by atoms with Crippen LogP contribution in [0.2, 0.25) is 0 Å². The summed E-state index contributed by atoms with van der Waals surface area (Å²) in [6.07, 6.45) is 4.41. The third-order valence-electron chi connectivity index (χ3n) is 6.35. The second kappa shape index (κ2) is 10.8. The second-order valence-electron chi connectivity index (χ2n) is 8.96. The molecule has 1 heterocycles. The minimum absolute atomic E-state index is 0.0970. The lowest BCUT2D eigenvalue weighted by Crippen LogP contribution is -2.49. The molecule has 0 bridgehead atoms. The number of ether oxygens (including phenoxy) is 3. The van der Waals surface area contributed by atoms with E-state index < -0.39 is 23.3 Å². The van der Waals surface area contributed by atoms with E-state index in [1.165, 1.54) is 18.1 Å². The fraction of sp³-hybridized carbons (Fsp3) is 0.462. The quantitative estimate of drug-likeness (QED) is 0.537. The number of methoxy groups -OCH3 is 2. The Labute approximate surface area is 205 Å². The highest BCUT2D eigenvalue weighted by atomic mass is 16.5. The Morgan fingerprint density at radius 1 is 1.14 bits per heavy atom. The Bertz CT molecular complexity index is 1040. The topological polar surface area (TPSA) is 111 Å². The maximum absolute atomic E-state index is 13.7. The van der Waals surface area contributed by atoms with Crippen LogP contribution >= 0.6 is 0 Å². The Morgan fingerprint density at radius 3 is 2.40 bits per heavy atom. The molecule has 0 saturated carbocycles. The summed E-state index contributed by atoms with van der Waals surface area (Å²) in [5, 5.41) is 2.87. The number of nitrogens with zero attached hydrogens (tertiary/aromatic N) is 1. The lowest BCUT2D eigenvalue weighted by atomic mass is 9.73. The molecule has 1 N–H and O–H groups in total. The molecular weight excluding hydrogens is 452 g/mol. The van der Waals surface area contributed by atoms with Crippen molar-refractivity contribution >= 4 is 29.3 Å². The van der Waals surface area contributed by atoms with Crippen LogP contribution in [0.15, 0.2) is 48.3 Å². The van der Waals surface area contributed by atoms with Crippen molar-refractivity contribution in [3.8, 4) is 5.75 Å². The van der Waals surface area contributed by atoms with Gasteiger partial charge in [0, 0.05) is 17.6 Å². The maximum Gasteiger partial charge on any atom is 0.306 e. The van der Waals surface area contributed by atoms with Crippen LogP contribution in [0.4, 0.5) is 5.69 Å². The van der Waals surface area contributed by atoms with Gasteiger partial charge in [-0.1, -0.05) is 19.9 Å². The molecule has 35 heavy (non-hydrogen) atoms. The fourth-order valence-corrected chi connectivity index (χ4v) is 4.66. The van der Waals surface area contributed by atoms with Gasteiger partial charge in [0.05, 0.1) is 33.2 Å². The number of amides is 2. The number of carbonyl (C=O) groups excluding carboxylic acids is 4. The summed E-state index contributed by atoms with van der Waals surface area (Å²) in [6, 6.07) is 6.08. The number of anilines is 1. The Balaban J connectivity index is 1.95. The van der Waals surface area contributed by atoms with E-state index in [1.807, 2.05) is 13.8 Å². The summed E-state index contributed by atoms with van der Waals surface area (Å²) in [5.41, 5.74) is -0.424. The molecule has 1 aliphatic heterocycles. The van der Waals surface area contributed by atoms with Gasteiger partial charge in [0.25, 0.3) is 0 Å². The van der Waals surface area contributed by atoms with Gasteiger partial charge < -0.3 is 24.4 Å². The molecular formula is C26H32N2O7. The van der Waals surface area contributed by atoms with E-state index in [4.69, 9.17) is 14.2 Å². The molecule has 1 aromatic carbocycles. The molecule has 2 amide bonds. The number of carbonyl (C=O) groups is 4. The van der Waals surface area contributed by atoms with Crippen LogP contribution in [0.3, 0.4) is 0 Å². The van der Waals surface area contributed by atoms with Gasteiger partial charge in [-0.25, -0.2) is 0 Å². The van der Waals surface area contributed by atoms with E-state index in [2.05, 4.69) is 5.32 Å². The summed E-state index contributed by atoms with van der Waals surface area (Å²) in [4.78, 5) is 53.2. The molecule has 0 aromatic heterocycles. The molecule has 3 atom stereocenters. The number of benzene rings is 1. The highest BCUT2D eigenvalue weighted by Crippen LogP contribution is 2.46. The van der Waals surface area contributed by atoms with E-state index in [0.29, 0.717) is 11.4 Å². The monoisotopic (exact) mass is 484 g/mol. The number of ketones is 1. The van der Waals surface area contributed by atoms with E-state index in [1.54, 1.807) is 50.5 Å². The third kappa shape index (κ3) is 5.39. The number of nitrogens with one attached hydrogen (secondary N) is 1. The van der Waals surface area contributed by atoms with Crippen molar-refractivity contribution < 1.29 is 33.4 Å². The van der Waals surface area contributed by atoms with Crippen molar-refractivity contribution in [1.82, 2.24) is 4.90 Å². The number of hydrogen-bond acceptors (Lipinski definition) is 7.